The van der Waals surface area contributed by atoms with Gasteiger partial charge in [-0.2, -0.15) is 0 Å². The van der Waals surface area contributed by atoms with E-state index in [0.29, 0.717) is 0 Å². The highest BCUT2D eigenvalue weighted by Gasteiger charge is 2.20. The van der Waals surface area contributed by atoms with Crippen LogP contribution < -0.4 is 0 Å². The first kappa shape index (κ1) is 13.8. The maximum atomic E-state index is 6.05. The third kappa shape index (κ3) is 2.88. The molecule has 0 bridgehead atoms. The number of fused-ring (bicyclic) bond motifs is 1. The molecule has 0 aliphatic rings. The van der Waals surface area contributed by atoms with Crippen molar-refractivity contribution in [3.8, 4) is 0 Å². The van der Waals surface area contributed by atoms with Gasteiger partial charge in [0.05, 0.1) is 5.92 Å². The first-order valence-electron chi connectivity index (χ1n) is 7.84. The van der Waals surface area contributed by atoms with Crippen molar-refractivity contribution in [1.29, 1.82) is 0 Å². The molecule has 112 valence electrons. The molecule has 2 heteroatoms. The van der Waals surface area contributed by atoms with Crippen LogP contribution >= 0.6 is 0 Å². The molecule has 0 saturated heterocycles. The van der Waals surface area contributed by atoms with E-state index in [-0.39, 0.29) is 5.92 Å². The number of para-hydroxylation sites is 2. The van der Waals surface area contributed by atoms with Crippen molar-refractivity contribution in [2.75, 3.05) is 0 Å². The number of aromatic nitrogens is 1. The van der Waals surface area contributed by atoms with Gasteiger partial charge in [-0.25, -0.2) is 4.98 Å². The van der Waals surface area contributed by atoms with Crippen LogP contribution in [-0.4, -0.2) is 4.98 Å². The van der Waals surface area contributed by atoms with E-state index >= 15 is 0 Å². The van der Waals surface area contributed by atoms with Crippen LogP contribution in [0, 0.1) is 0 Å². The van der Waals surface area contributed by atoms with Gasteiger partial charge >= 0.3 is 0 Å². The molecule has 0 aliphatic carbocycles. The lowest BCUT2D eigenvalue weighted by molar-refractivity contribution is 0.497. The van der Waals surface area contributed by atoms with Crippen LogP contribution in [0.25, 0.3) is 11.1 Å². The number of nitrogens with zero attached hydrogens (tertiary/aromatic N) is 1. The quantitative estimate of drug-likeness (QED) is 0.517. The minimum Gasteiger partial charge on any atom is -0.440 e. The standard InChI is InChI=1S/C21H17NO/c1-3-9-16(10-4-1)15-18(17-11-5-2-6-12-17)21-22-19-13-7-8-14-20(19)23-21/h1-14,18H,15H2/t18-/m1/s1. The van der Waals surface area contributed by atoms with Gasteiger partial charge < -0.3 is 4.42 Å². The number of benzene rings is 3. The summed E-state index contributed by atoms with van der Waals surface area (Å²) in [4.78, 5) is 4.72. The summed E-state index contributed by atoms with van der Waals surface area (Å²) in [5.74, 6) is 0.896. The van der Waals surface area contributed by atoms with Gasteiger partial charge in [0.2, 0.25) is 5.89 Å². The Balaban J connectivity index is 1.78. The SMILES string of the molecule is c1ccc(C[C@H](c2ccccc2)c2nc3ccccc3o2)cc1. The topological polar surface area (TPSA) is 26.0 Å². The second-order valence-corrected chi connectivity index (χ2v) is 5.67. The monoisotopic (exact) mass is 299 g/mol. The van der Waals surface area contributed by atoms with Gasteiger partial charge in [-0.15, -0.1) is 0 Å². The molecule has 1 heterocycles. The fraction of sp³-hybridized carbons (Fsp3) is 0.0952. The van der Waals surface area contributed by atoms with Crippen LogP contribution in [0.15, 0.2) is 89.3 Å². The average molecular weight is 299 g/mol. The van der Waals surface area contributed by atoms with E-state index in [2.05, 4.69) is 48.5 Å². The van der Waals surface area contributed by atoms with Crippen LogP contribution in [0.4, 0.5) is 0 Å². The molecular formula is C21H17NO. The molecule has 0 aliphatic heterocycles. The van der Waals surface area contributed by atoms with Crippen molar-refractivity contribution < 1.29 is 4.42 Å². The van der Waals surface area contributed by atoms with Gasteiger partial charge in [0.25, 0.3) is 0 Å². The minimum atomic E-state index is 0.117. The summed E-state index contributed by atoms with van der Waals surface area (Å²) in [6.45, 7) is 0. The van der Waals surface area contributed by atoms with Crippen molar-refractivity contribution in [3.05, 3.63) is 102 Å². The van der Waals surface area contributed by atoms with E-state index in [1.54, 1.807) is 0 Å². The molecule has 23 heavy (non-hydrogen) atoms. The predicted octanol–water partition coefficient (Wildman–Crippen LogP) is 5.20. The van der Waals surface area contributed by atoms with E-state index < -0.39 is 0 Å². The Morgan fingerprint density at radius 1 is 0.739 bits per heavy atom. The normalized spacial score (nSPS) is 12.3. The lowest BCUT2D eigenvalue weighted by Crippen LogP contribution is -2.05. The Labute approximate surface area is 135 Å². The maximum absolute atomic E-state index is 6.05. The van der Waals surface area contributed by atoms with Crippen LogP contribution in [-0.2, 0) is 6.42 Å². The van der Waals surface area contributed by atoms with Crippen molar-refractivity contribution in [2.45, 2.75) is 12.3 Å². The first-order chi connectivity index (χ1) is 11.4. The molecule has 0 saturated carbocycles. The molecule has 4 rings (SSSR count). The zero-order chi connectivity index (χ0) is 15.5. The highest BCUT2D eigenvalue weighted by molar-refractivity contribution is 5.72. The summed E-state index contributed by atoms with van der Waals surface area (Å²) >= 11 is 0. The molecule has 0 spiro atoms. The fourth-order valence-electron chi connectivity index (χ4n) is 2.92. The molecule has 0 N–H and O–H groups in total. The average Bonchev–Trinajstić information content (AvgIpc) is 3.05. The highest BCUT2D eigenvalue weighted by atomic mass is 16.3. The van der Waals surface area contributed by atoms with Crippen LogP contribution in [0.2, 0.25) is 0 Å². The molecule has 1 aromatic heterocycles. The van der Waals surface area contributed by atoms with E-state index in [1.807, 2.05) is 36.4 Å². The maximum Gasteiger partial charge on any atom is 0.203 e. The summed E-state index contributed by atoms with van der Waals surface area (Å²) in [6.07, 6.45) is 0.873. The smallest absolute Gasteiger partial charge is 0.203 e. The summed E-state index contributed by atoms with van der Waals surface area (Å²) in [5, 5.41) is 0. The van der Waals surface area contributed by atoms with E-state index in [0.717, 1.165) is 23.4 Å². The zero-order valence-electron chi connectivity index (χ0n) is 12.7. The summed E-state index contributed by atoms with van der Waals surface area (Å²) in [7, 11) is 0. The van der Waals surface area contributed by atoms with E-state index in [1.165, 1.54) is 11.1 Å². The third-order valence-electron chi connectivity index (χ3n) is 4.09. The number of oxazole rings is 1. The Morgan fingerprint density at radius 2 is 1.39 bits per heavy atom. The molecule has 1 atom stereocenters. The van der Waals surface area contributed by atoms with Crippen LogP contribution in [0.3, 0.4) is 0 Å². The fourth-order valence-corrected chi connectivity index (χ4v) is 2.92. The summed E-state index contributed by atoms with van der Waals surface area (Å²) < 4.78 is 6.05. The number of hydrogen-bond donors (Lipinski definition) is 0. The molecule has 0 amide bonds. The highest BCUT2D eigenvalue weighted by Crippen LogP contribution is 2.30. The summed E-state index contributed by atoms with van der Waals surface area (Å²) in [5.41, 5.74) is 4.26. The Kier molecular flexibility index (Phi) is 3.65. The second-order valence-electron chi connectivity index (χ2n) is 5.67. The largest absolute Gasteiger partial charge is 0.440 e. The van der Waals surface area contributed by atoms with Gasteiger partial charge in [0, 0.05) is 0 Å². The van der Waals surface area contributed by atoms with Gasteiger partial charge in [-0.3, -0.25) is 0 Å². The van der Waals surface area contributed by atoms with Crippen molar-refractivity contribution in [3.63, 3.8) is 0 Å². The lowest BCUT2D eigenvalue weighted by Gasteiger charge is -2.14. The Hall–Kier alpha value is -2.87. The Morgan fingerprint density at radius 3 is 2.13 bits per heavy atom. The molecule has 0 radical (unpaired) electrons. The van der Waals surface area contributed by atoms with E-state index in [4.69, 9.17) is 9.40 Å². The molecular weight excluding hydrogens is 282 g/mol. The number of rotatable bonds is 4. The lowest BCUT2D eigenvalue weighted by atomic mass is 9.92. The molecule has 4 aromatic rings. The molecule has 2 nitrogen and oxygen atoms in total. The third-order valence-corrected chi connectivity index (χ3v) is 4.09. The van der Waals surface area contributed by atoms with Crippen molar-refractivity contribution in [1.82, 2.24) is 4.98 Å². The van der Waals surface area contributed by atoms with Gasteiger partial charge in [0.15, 0.2) is 5.58 Å². The van der Waals surface area contributed by atoms with Crippen LogP contribution in [0.1, 0.15) is 22.9 Å². The van der Waals surface area contributed by atoms with Gasteiger partial charge in [0.1, 0.15) is 5.52 Å². The molecule has 0 fully saturated rings. The molecule has 0 unspecified atom stereocenters. The zero-order valence-corrected chi connectivity index (χ0v) is 12.7. The predicted molar refractivity (Wildman–Crippen MR) is 92.4 cm³/mol. The van der Waals surface area contributed by atoms with Crippen molar-refractivity contribution in [2.24, 2.45) is 0 Å². The Bertz CT molecular complexity index is 864. The molecule has 3 aromatic carbocycles. The van der Waals surface area contributed by atoms with E-state index in [9.17, 15) is 0 Å². The van der Waals surface area contributed by atoms with Crippen molar-refractivity contribution >= 4 is 11.1 Å². The van der Waals surface area contributed by atoms with Gasteiger partial charge in [-0.05, 0) is 29.7 Å². The van der Waals surface area contributed by atoms with Crippen LogP contribution in [0.5, 0.6) is 0 Å². The number of hydrogen-bond acceptors (Lipinski definition) is 2. The van der Waals surface area contributed by atoms with Gasteiger partial charge in [-0.1, -0.05) is 72.8 Å². The minimum absolute atomic E-state index is 0.117. The summed E-state index contributed by atoms with van der Waals surface area (Å²) in [6, 6.07) is 28.9. The first-order valence-corrected chi connectivity index (χ1v) is 7.84. The second kappa shape index (κ2) is 6.09.